The summed E-state index contributed by atoms with van der Waals surface area (Å²) in [7, 11) is 0. The first-order valence-corrected chi connectivity index (χ1v) is 7.96. The second-order valence-electron chi connectivity index (χ2n) is 8.53. The Balaban J connectivity index is 2.09. The first-order chi connectivity index (χ1) is 8.68. The smallest absolute Gasteiger partial charge is 0.0230 e. The fourth-order valence-electron chi connectivity index (χ4n) is 3.18. The largest absolute Gasteiger partial charge is 0.295 e. The van der Waals surface area contributed by atoms with Crippen LogP contribution in [0.25, 0.3) is 0 Å². The highest BCUT2D eigenvalue weighted by Gasteiger charge is 2.40. The molecule has 1 aliphatic heterocycles. The molecule has 19 heavy (non-hydrogen) atoms. The minimum absolute atomic E-state index is 0.271. The molecule has 1 aliphatic carbocycles. The van der Waals surface area contributed by atoms with Gasteiger partial charge in [0.25, 0.3) is 0 Å². The van der Waals surface area contributed by atoms with Crippen molar-refractivity contribution in [1.82, 2.24) is 4.90 Å². The molecule has 0 amide bonds. The molecule has 1 heteroatoms. The Morgan fingerprint density at radius 1 is 0.842 bits per heavy atom. The molecule has 2 aliphatic rings. The third-order valence-corrected chi connectivity index (χ3v) is 4.53. The predicted octanol–water partition coefficient (Wildman–Crippen LogP) is 4.33. The molecule has 1 heterocycles. The molecule has 1 saturated carbocycles. The summed E-state index contributed by atoms with van der Waals surface area (Å²) in [6.45, 7) is 15.4. The molecule has 0 spiro atoms. The highest BCUT2D eigenvalue weighted by atomic mass is 15.2. The maximum absolute atomic E-state index is 3.58. The average molecular weight is 261 g/mol. The third-order valence-electron chi connectivity index (χ3n) is 4.53. The van der Waals surface area contributed by atoms with E-state index >= 15 is 0 Å². The Bertz CT molecular complexity index is 367. The van der Waals surface area contributed by atoms with Gasteiger partial charge < -0.3 is 0 Å². The maximum Gasteiger partial charge on any atom is 0.0230 e. The SMILES string of the molecule is CC(C)(C)C1CC(C#CC2CC2)CCN1C(C)(C)C. The second-order valence-corrected chi connectivity index (χ2v) is 8.53. The molecule has 0 aromatic carbocycles. The predicted molar refractivity (Wildman–Crippen MR) is 82.9 cm³/mol. The number of nitrogens with zero attached hydrogens (tertiary/aromatic N) is 1. The molecule has 2 atom stereocenters. The van der Waals surface area contributed by atoms with Crippen LogP contribution in [0.2, 0.25) is 0 Å². The number of piperidine rings is 1. The van der Waals surface area contributed by atoms with Crippen LogP contribution in [0, 0.1) is 29.1 Å². The number of hydrogen-bond acceptors (Lipinski definition) is 1. The quantitative estimate of drug-likeness (QED) is 0.587. The summed E-state index contributed by atoms with van der Waals surface area (Å²) in [4.78, 5) is 2.71. The zero-order valence-corrected chi connectivity index (χ0v) is 13.7. The van der Waals surface area contributed by atoms with E-state index in [2.05, 4.69) is 58.3 Å². The van der Waals surface area contributed by atoms with Gasteiger partial charge in [-0.3, -0.25) is 4.90 Å². The molecule has 1 nitrogen and oxygen atoms in total. The lowest BCUT2D eigenvalue weighted by Gasteiger charge is -2.51. The summed E-state index contributed by atoms with van der Waals surface area (Å²) in [5, 5.41) is 0. The summed E-state index contributed by atoms with van der Waals surface area (Å²) in [5.74, 6) is 8.44. The fourth-order valence-corrected chi connectivity index (χ4v) is 3.18. The monoisotopic (exact) mass is 261 g/mol. The Hall–Kier alpha value is -0.480. The fraction of sp³-hybridized carbons (Fsp3) is 0.889. The van der Waals surface area contributed by atoms with Gasteiger partial charge in [-0.15, -0.1) is 0 Å². The van der Waals surface area contributed by atoms with Crippen LogP contribution in [0.15, 0.2) is 0 Å². The Kier molecular flexibility index (Phi) is 4.03. The highest BCUT2D eigenvalue weighted by Crippen LogP contribution is 2.38. The van der Waals surface area contributed by atoms with Crippen molar-refractivity contribution < 1.29 is 0 Å². The van der Waals surface area contributed by atoms with E-state index in [0.717, 1.165) is 5.92 Å². The van der Waals surface area contributed by atoms with E-state index in [9.17, 15) is 0 Å². The van der Waals surface area contributed by atoms with Crippen molar-refractivity contribution in [3.63, 3.8) is 0 Å². The molecule has 0 radical (unpaired) electrons. The van der Waals surface area contributed by atoms with Crippen molar-refractivity contribution in [2.75, 3.05) is 6.54 Å². The van der Waals surface area contributed by atoms with Gasteiger partial charge in [-0.1, -0.05) is 32.6 Å². The van der Waals surface area contributed by atoms with Crippen LogP contribution in [0.5, 0.6) is 0 Å². The van der Waals surface area contributed by atoms with Gasteiger partial charge in [0.05, 0.1) is 0 Å². The lowest BCUT2D eigenvalue weighted by molar-refractivity contribution is -0.0140. The van der Waals surface area contributed by atoms with Gasteiger partial charge in [0.15, 0.2) is 0 Å². The summed E-state index contributed by atoms with van der Waals surface area (Å²) < 4.78 is 0. The summed E-state index contributed by atoms with van der Waals surface area (Å²) >= 11 is 0. The summed E-state index contributed by atoms with van der Waals surface area (Å²) in [6.07, 6.45) is 5.19. The first kappa shape index (κ1) is 14.9. The molecule has 0 aromatic rings. The van der Waals surface area contributed by atoms with Gasteiger partial charge in [-0.05, 0) is 51.9 Å². The topological polar surface area (TPSA) is 3.24 Å². The average Bonchev–Trinajstić information content (AvgIpc) is 3.07. The van der Waals surface area contributed by atoms with Gasteiger partial charge >= 0.3 is 0 Å². The van der Waals surface area contributed by atoms with Crippen LogP contribution in [-0.2, 0) is 0 Å². The maximum atomic E-state index is 3.58. The van der Waals surface area contributed by atoms with E-state index in [4.69, 9.17) is 0 Å². The van der Waals surface area contributed by atoms with Crippen molar-refractivity contribution >= 4 is 0 Å². The number of rotatable bonds is 0. The van der Waals surface area contributed by atoms with Crippen LogP contribution < -0.4 is 0 Å². The van der Waals surface area contributed by atoms with Crippen LogP contribution in [0.1, 0.15) is 67.2 Å². The van der Waals surface area contributed by atoms with E-state index in [0.29, 0.717) is 17.4 Å². The molecule has 0 aromatic heterocycles. The van der Waals surface area contributed by atoms with Crippen molar-refractivity contribution in [1.29, 1.82) is 0 Å². The summed E-state index contributed by atoms with van der Waals surface area (Å²) in [6, 6.07) is 0.653. The van der Waals surface area contributed by atoms with Crippen molar-refractivity contribution in [2.45, 2.75) is 78.8 Å². The van der Waals surface area contributed by atoms with Crippen LogP contribution >= 0.6 is 0 Å². The van der Waals surface area contributed by atoms with Gasteiger partial charge in [-0.2, -0.15) is 0 Å². The number of likely N-dealkylation sites (tertiary alicyclic amines) is 1. The van der Waals surface area contributed by atoms with E-state index in [1.165, 1.54) is 32.2 Å². The summed E-state index contributed by atoms with van der Waals surface area (Å²) in [5.41, 5.74) is 0.611. The van der Waals surface area contributed by atoms with E-state index in [-0.39, 0.29) is 5.54 Å². The third kappa shape index (κ3) is 3.99. The first-order valence-electron chi connectivity index (χ1n) is 7.96. The van der Waals surface area contributed by atoms with Crippen molar-refractivity contribution in [3.05, 3.63) is 0 Å². The lowest BCUT2D eigenvalue weighted by Crippen LogP contribution is -2.56. The molecular weight excluding hydrogens is 230 g/mol. The van der Waals surface area contributed by atoms with E-state index in [1.54, 1.807) is 0 Å². The normalized spacial score (nSPS) is 29.8. The molecular formula is C18H31N. The molecule has 2 rings (SSSR count). The van der Waals surface area contributed by atoms with Crippen LogP contribution in [0.4, 0.5) is 0 Å². The van der Waals surface area contributed by atoms with Gasteiger partial charge in [0, 0.05) is 30.0 Å². The second kappa shape index (κ2) is 5.13. The zero-order chi connectivity index (χ0) is 14.3. The van der Waals surface area contributed by atoms with Crippen LogP contribution in [0.3, 0.4) is 0 Å². The van der Waals surface area contributed by atoms with Gasteiger partial charge in [-0.25, -0.2) is 0 Å². The Morgan fingerprint density at radius 2 is 1.42 bits per heavy atom. The molecule has 108 valence electrons. The zero-order valence-electron chi connectivity index (χ0n) is 13.7. The van der Waals surface area contributed by atoms with E-state index in [1.807, 2.05) is 0 Å². The van der Waals surface area contributed by atoms with Crippen molar-refractivity contribution in [3.8, 4) is 11.8 Å². The molecule has 2 unspecified atom stereocenters. The van der Waals surface area contributed by atoms with Crippen LogP contribution in [-0.4, -0.2) is 23.0 Å². The minimum Gasteiger partial charge on any atom is -0.295 e. The molecule has 0 N–H and O–H groups in total. The minimum atomic E-state index is 0.271. The van der Waals surface area contributed by atoms with Gasteiger partial charge in [0.2, 0.25) is 0 Å². The molecule has 1 saturated heterocycles. The van der Waals surface area contributed by atoms with E-state index < -0.39 is 0 Å². The highest BCUT2D eigenvalue weighted by molar-refractivity contribution is 5.13. The standard InChI is InChI=1S/C18H31N/c1-17(2,3)16-13-15(10-9-14-7-8-14)11-12-19(16)18(4,5)6/h14-16H,7-8,11-13H2,1-6H3. The Labute approximate surface area is 120 Å². The van der Waals surface area contributed by atoms with Gasteiger partial charge in [0.1, 0.15) is 0 Å². The lowest BCUT2D eigenvalue weighted by atomic mass is 9.75. The number of hydrogen-bond donors (Lipinski definition) is 0. The molecule has 2 fully saturated rings. The van der Waals surface area contributed by atoms with Crippen molar-refractivity contribution in [2.24, 2.45) is 17.3 Å². The molecule has 0 bridgehead atoms. The Morgan fingerprint density at radius 3 is 1.89 bits per heavy atom.